The molecule has 0 unspecified atom stereocenters. The first-order valence-corrected chi connectivity index (χ1v) is 8.38. The minimum Gasteiger partial charge on any atom is -0.380 e. The van der Waals surface area contributed by atoms with Gasteiger partial charge in [-0.2, -0.15) is 0 Å². The monoisotopic (exact) mass is 357 g/mol. The van der Waals surface area contributed by atoms with Crippen LogP contribution in [0.5, 0.6) is 0 Å². The van der Waals surface area contributed by atoms with Crippen molar-refractivity contribution in [2.45, 2.75) is 12.0 Å². The van der Waals surface area contributed by atoms with Crippen LogP contribution in [0.15, 0.2) is 48.5 Å². The number of carbonyl (C=O) groups excluding carboxylic acids is 1. The summed E-state index contributed by atoms with van der Waals surface area (Å²) in [5.74, 6) is -0.569. The zero-order valence-corrected chi connectivity index (χ0v) is 16.0. The minimum absolute atomic E-state index is 0.261. The zero-order valence-electron chi connectivity index (χ0n) is 16.0. The van der Waals surface area contributed by atoms with E-state index in [1.165, 1.54) is 7.05 Å². The van der Waals surface area contributed by atoms with Crippen LogP contribution in [-0.4, -0.2) is 56.5 Å². The lowest BCUT2D eigenvalue weighted by molar-refractivity contribution is -0.163. The summed E-state index contributed by atoms with van der Waals surface area (Å²) in [6.45, 7) is 0. The third kappa shape index (κ3) is 4.15. The Bertz CT molecular complexity index is 686. The van der Waals surface area contributed by atoms with Crippen molar-refractivity contribution in [3.05, 3.63) is 59.7 Å². The van der Waals surface area contributed by atoms with Gasteiger partial charge in [0.05, 0.1) is 6.42 Å². The van der Waals surface area contributed by atoms with E-state index in [0.717, 1.165) is 11.4 Å². The SMILES string of the molecule is CN(O)C(=O)CC(O)(c1ccc(N(C)C)cc1)c1ccc(N(C)C)cc1. The molecule has 0 spiro atoms. The standard InChI is InChI=1S/C20H27N3O3/c1-21(2)17-10-6-15(7-11-17)20(25,14-19(24)23(5)26)16-8-12-18(13-9-16)22(3)4/h6-13,25-26H,14H2,1-5H3. The molecule has 0 aromatic heterocycles. The summed E-state index contributed by atoms with van der Waals surface area (Å²) in [5, 5.41) is 21.4. The van der Waals surface area contributed by atoms with E-state index in [0.29, 0.717) is 16.2 Å². The summed E-state index contributed by atoms with van der Waals surface area (Å²) in [6.07, 6.45) is -0.261. The maximum atomic E-state index is 12.2. The lowest BCUT2D eigenvalue weighted by atomic mass is 9.83. The normalized spacial score (nSPS) is 11.2. The third-order valence-corrected chi connectivity index (χ3v) is 4.49. The molecule has 0 atom stereocenters. The predicted molar refractivity (Wildman–Crippen MR) is 104 cm³/mol. The molecule has 0 aliphatic rings. The molecular weight excluding hydrogens is 330 g/mol. The second kappa shape index (κ2) is 7.76. The zero-order chi connectivity index (χ0) is 19.5. The van der Waals surface area contributed by atoms with Gasteiger partial charge in [0.1, 0.15) is 5.60 Å². The molecule has 0 bridgehead atoms. The Hall–Kier alpha value is -2.57. The van der Waals surface area contributed by atoms with E-state index >= 15 is 0 Å². The molecule has 0 radical (unpaired) electrons. The summed E-state index contributed by atoms with van der Waals surface area (Å²) in [6, 6.07) is 14.8. The molecule has 0 saturated heterocycles. The topological polar surface area (TPSA) is 67.2 Å². The highest BCUT2D eigenvalue weighted by molar-refractivity contribution is 5.77. The van der Waals surface area contributed by atoms with Gasteiger partial charge in [0, 0.05) is 46.6 Å². The van der Waals surface area contributed by atoms with E-state index in [4.69, 9.17) is 0 Å². The van der Waals surface area contributed by atoms with Crippen molar-refractivity contribution in [1.29, 1.82) is 0 Å². The second-order valence-corrected chi connectivity index (χ2v) is 6.84. The van der Waals surface area contributed by atoms with E-state index in [1.807, 2.05) is 62.3 Å². The molecule has 0 fully saturated rings. The Morgan fingerprint density at radius 1 is 0.808 bits per heavy atom. The number of nitrogens with zero attached hydrogens (tertiary/aromatic N) is 3. The van der Waals surface area contributed by atoms with Gasteiger partial charge in [-0.15, -0.1) is 0 Å². The average Bonchev–Trinajstić information content (AvgIpc) is 2.61. The van der Waals surface area contributed by atoms with Crippen LogP contribution in [0.3, 0.4) is 0 Å². The summed E-state index contributed by atoms with van der Waals surface area (Å²) in [5.41, 5.74) is 1.63. The smallest absolute Gasteiger partial charge is 0.249 e. The van der Waals surface area contributed by atoms with Gasteiger partial charge in [-0.1, -0.05) is 24.3 Å². The summed E-state index contributed by atoms with van der Waals surface area (Å²) in [7, 11) is 9.00. The number of amides is 1. The molecule has 0 aliphatic carbocycles. The molecular formula is C20H27N3O3. The quantitative estimate of drug-likeness (QED) is 0.613. The number of hydroxylamine groups is 2. The van der Waals surface area contributed by atoms with Gasteiger partial charge in [0.25, 0.3) is 0 Å². The molecule has 6 heteroatoms. The Morgan fingerprint density at radius 3 is 1.42 bits per heavy atom. The van der Waals surface area contributed by atoms with Gasteiger partial charge >= 0.3 is 0 Å². The molecule has 0 saturated carbocycles. The fourth-order valence-corrected chi connectivity index (χ4v) is 2.77. The molecule has 1 amide bonds. The van der Waals surface area contributed by atoms with Crippen LogP contribution in [0.1, 0.15) is 17.5 Å². The molecule has 26 heavy (non-hydrogen) atoms. The molecule has 0 heterocycles. The molecule has 2 aromatic carbocycles. The van der Waals surface area contributed by atoms with Crippen molar-refractivity contribution >= 4 is 17.3 Å². The van der Waals surface area contributed by atoms with Crippen molar-refractivity contribution in [1.82, 2.24) is 5.06 Å². The number of hydrogen-bond donors (Lipinski definition) is 2. The number of hydrogen-bond acceptors (Lipinski definition) is 5. The minimum atomic E-state index is -1.54. The van der Waals surface area contributed by atoms with Crippen molar-refractivity contribution in [3.63, 3.8) is 0 Å². The lowest BCUT2D eigenvalue weighted by Gasteiger charge is -2.30. The maximum Gasteiger partial charge on any atom is 0.249 e. The number of carbonyl (C=O) groups is 1. The van der Waals surface area contributed by atoms with Crippen LogP contribution in [0, 0.1) is 0 Å². The van der Waals surface area contributed by atoms with Gasteiger partial charge < -0.3 is 14.9 Å². The van der Waals surface area contributed by atoms with Crippen LogP contribution in [0.4, 0.5) is 11.4 Å². The Balaban J connectivity index is 2.49. The Kier molecular flexibility index (Phi) is 5.90. The summed E-state index contributed by atoms with van der Waals surface area (Å²) in [4.78, 5) is 16.1. The van der Waals surface area contributed by atoms with Crippen molar-refractivity contribution in [2.24, 2.45) is 0 Å². The predicted octanol–water partition coefficient (Wildman–Crippen LogP) is 2.29. The van der Waals surface area contributed by atoms with E-state index < -0.39 is 11.5 Å². The number of aliphatic hydroxyl groups is 1. The third-order valence-electron chi connectivity index (χ3n) is 4.49. The molecule has 0 aliphatic heterocycles. The van der Waals surface area contributed by atoms with E-state index in [2.05, 4.69) is 0 Å². The Labute approximate surface area is 154 Å². The van der Waals surface area contributed by atoms with Crippen LogP contribution in [0.2, 0.25) is 0 Å². The average molecular weight is 357 g/mol. The highest BCUT2D eigenvalue weighted by Gasteiger charge is 2.35. The second-order valence-electron chi connectivity index (χ2n) is 6.84. The summed E-state index contributed by atoms with van der Waals surface area (Å²) < 4.78 is 0. The number of rotatable bonds is 6. The van der Waals surface area contributed by atoms with Crippen molar-refractivity contribution in [2.75, 3.05) is 45.0 Å². The van der Waals surface area contributed by atoms with Crippen LogP contribution in [0.25, 0.3) is 0 Å². The first-order chi connectivity index (χ1) is 12.1. The number of benzene rings is 2. The first kappa shape index (κ1) is 19.8. The molecule has 2 aromatic rings. The van der Waals surface area contributed by atoms with E-state index in [-0.39, 0.29) is 6.42 Å². The van der Waals surface area contributed by atoms with Crippen molar-refractivity contribution < 1.29 is 15.1 Å². The largest absolute Gasteiger partial charge is 0.380 e. The van der Waals surface area contributed by atoms with Gasteiger partial charge in [-0.05, 0) is 35.4 Å². The van der Waals surface area contributed by atoms with Crippen LogP contribution in [-0.2, 0) is 10.4 Å². The maximum absolute atomic E-state index is 12.2. The van der Waals surface area contributed by atoms with Crippen LogP contribution >= 0.6 is 0 Å². The summed E-state index contributed by atoms with van der Waals surface area (Å²) >= 11 is 0. The van der Waals surface area contributed by atoms with Gasteiger partial charge in [0.2, 0.25) is 5.91 Å². The number of anilines is 2. The molecule has 6 nitrogen and oxygen atoms in total. The fourth-order valence-electron chi connectivity index (χ4n) is 2.77. The van der Waals surface area contributed by atoms with Crippen molar-refractivity contribution in [3.8, 4) is 0 Å². The Morgan fingerprint density at radius 2 is 1.15 bits per heavy atom. The van der Waals surface area contributed by atoms with E-state index in [1.54, 1.807) is 24.3 Å². The molecule has 2 N–H and O–H groups in total. The van der Waals surface area contributed by atoms with Crippen LogP contribution < -0.4 is 9.80 Å². The van der Waals surface area contributed by atoms with Gasteiger partial charge in [-0.3, -0.25) is 10.0 Å². The fraction of sp³-hybridized carbons (Fsp3) is 0.350. The van der Waals surface area contributed by atoms with E-state index in [9.17, 15) is 15.1 Å². The highest BCUT2D eigenvalue weighted by atomic mass is 16.5. The van der Waals surface area contributed by atoms with Gasteiger partial charge in [0.15, 0.2) is 0 Å². The molecule has 140 valence electrons. The lowest BCUT2D eigenvalue weighted by Crippen LogP contribution is -2.35. The highest BCUT2D eigenvalue weighted by Crippen LogP contribution is 2.35. The van der Waals surface area contributed by atoms with Gasteiger partial charge in [-0.25, -0.2) is 5.06 Å². The first-order valence-electron chi connectivity index (χ1n) is 8.38. The molecule has 2 rings (SSSR count).